The molecule has 0 aromatic rings. The molecule has 0 saturated carbocycles. The Bertz CT molecular complexity index is 298. The normalized spacial score (nSPS) is 18.7. The minimum absolute atomic E-state index is 0.516. The summed E-state index contributed by atoms with van der Waals surface area (Å²) in [6, 6.07) is 0.516. The lowest BCUT2D eigenvalue weighted by molar-refractivity contribution is -0.888. The molecule has 0 aromatic carbocycles. The fourth-order valence-corrected chi connectivity index (χ4v) is 1.31. The van der Waals surface area contributed by atoms with Gasteiger partial charge in [0, 0.05) is 5.57 Å². The van der Waals surface area contributed by atoms with Crippen molar-refractivity contribution in [1.82, 2.24) is 0 Å². The van der Waals surface area contributed by atoms with Gasteiger partial charge in [-0.25, -0.2) is 0 Å². The van der Waals surface area contributed by atoms with E-state index < -0.39 is 0 Å². The van der Waals surface area contributed by atoms with Gasteiger partial charge in [0.05, 0.1) is 21.1 Å². The Morgan fingerprint density at radius 3 is 2.14 bits per heavy atom. The van der Waals surface area contributed by atoms with Crippen LogP contribution in [0.3, 0.4) is 0 Å². The van der Waals surface area contributed by atoms with E-state index in [1.807, 2.05) is 6.08 Å². The molecule has 0 amide bonds. The summed E-state index contributed by atoms with van der Waals surface area (Å²) in [4.78, 5) is 0. The van der Waals surface area contributed by atoms with Crippen LogP contribution in [0.4, 0.5) is 0 Å². The van der Waals surface area contributed by atoms with E-state index in [2.05, 4.69) is 64.5 Å². The largest absolute Gasteiger partial charge is 0.325 e. The second-order valence-electron chi connectivity index (χ2n) is 4.59. The van der Waals surface area contributed by atoms with Gasteiger partial charge in [0.25, 0.3) is 0 Å². The number of likely N-dealkylation sites (N-methyl/N-ethyl adjacent to an activating group) is 1. The Kier molecular flexibility index (Phi) is 3.48. The van der Waals surface area contributed by atoms with E-state index in [1.54, 1.807) is 0 Å². The summed E-state index contributed by atoms with van der Waals surface area (Å²) in [5.74, 6) is 0. The topological polar surface area (TPSA) is 0 Å². The fourth-order valence-electron chi connectivity index (χ4n) is 1.31. The Balaban J connectivity index is 2.87. The zero-order valence-corrected chi connectivity index (χ0v) is 9.57. The molecule has 0 aliphatic heterocycles. The van der Waals surface area contributed by atoms with Crippen LogP contribution in [0.1, 0.15) is 6.92 Å². The number of nitrogens with zero attached hydrogens (tertiary/aromatic N) is 1. The lowest BCUT2D eigenvalue weighted by Crippen LogP contribution is -2.44. The molecule has 1 unspecified atom stereocenters. The molecule has 0 fully saturated rings. The number of allylic oxidation sites excluding steroid dienone is 6. The minimum atomic E-state index is 0.516. The third-order valence-electron chi connectivity index (χ3n) is 2.67. The van der Waals surface area contributed by atoms with Crippen LogP contribution < -0.4 is 0 Å². The van der Waals surface area contributed by atoms with Crippen molar-refractivity contribution < 1.29 is 4.48 Å². The number of hydrogen-bond donors (Lipinski definition) is 0. The van der Waals surface area contributed by atoms with Gasteiger partial charge in [0.1, 0.15) is 6.04 Å². The molecule has 1 aliphatic rings. The number of hydrogen-bond acceptors (Lipinski definition) is 0. The van der Waals surface area contributed by atoms with Crippen molar-refractivity contribution in [2.75, 3.05) is 21.1 Å². The van der Waals surface area contributed by atoms with Crippen molar-refractivity contribution in [2.45, 2.75) is 13.0 Å². The highest BCUT2D eigenvalue weighted by molar-refractivity contribution is 5.32. The fraction of sp³-hybridized carbons (Fsp3) is 0.385. The van der Waals surface area contributed by atoms with Gasteiger partial charge in [-0.3, -0.25) is 0 Å². The molecule has 0 aromatic heterocycles. The van der Waals surface area contributed by atoms with Gasteiger partial charge in [-0.1, -0.05) is 42.5 Å². The lowest BCUT2D eigenvalue weighted by Gasteiger charge is -2.32. The second kappa shape index (κ2) is 4.43. The highest BCUT2D eigenvalue weighted by Crippen LogP contribution is 2.15. The van der Waals surface area contributed by atoms with Crippen molar-refractivity contribution >= 4 is 0 Å². The first-order valence-electron chi connectivity index (χ1n) is 5.04. The van der Waals surface area contributed by atoms with Gasteiger partial charge in [-0.05, 0) is 6.92 Å². The van der Waals surface area contributed by atoms with E-state index in [0.717, 1.165) is 4.48 Å². The van der Waals surface area contributed by atoms with Crippen molar-refractivity contribution in [3.63, 3.8) is 0 Å². The van der Waals surface area contributed by atoms with Crippen LogP contribution in [0, 0.1) is 0 Å². The van der Waals surface area contributed by atoms with Crippen LogP contribution in [-0.2, 0) is 0 Å². The summed E-state index contributed by atoms with van der Waals surface area (Å²) in [5, 5.41) is 0. The maximum atomic E-state index is 2.26. The Morgan fingerprint density at radius 1 is 0.929 bits per heavy atom. The van der Waals surface area contributed by atoms with Gasteiger partial charge < -0.3 is 4.48 Å². The van der Waals surface area contributed by atoms with Crippen molar-refractivity contribution in [2.24, 2.45) is 0 Å². The molecule has 1 aliphatic carbocycles. The standard InChI is InChI=1S/C13H20N/c1-12(14(2,3)4)13-10-8-6-5-7-9-11-13/h5-12H,1-4H3/q+1. The van der Waals surface area contributed by atoms with E-state index in [-0.39, 0.29) is 0 Å². The van der Waals surface area contributed by atoms with Crippen molar-refractivity contribution in [1.29, 1.82) is 0 Å². The zero-order chi connectivity index (χ0) is 10.6. The summed E-state index contributed by atoms with van der Waals surface area (Å²) in [6.45, 7) is 2.26. The summed E-state index contributed by atoms with van der Waals surface area (Å²) in [6.07, 6.45) is 14.7. The third kappa shape index (κ3) is 3.00. The average molecular weight is 190 g/mol. The molecule has 0 bridgehead atoms. The first kappa shape index (κ1) is 11.0. The monoisotopic (exact) mass is 190 g/mol. The maximum absolute atomic E-state index is 2.26. The molecule has 1 rings (SSSR count). The molecule has 0 saturated heterocycles. The van der Waals surface area contributed by atoms with Gasteiger partial charge in [-0.15, -0.1) is 0 Å². The zero-order valence-electron chi connectivity index (χ0n) is 9.57. The molecule has 76 valence electrons. The first-order valence-corrected chi connectivity index (χ1v) is 5.04. The van der Waals surface area contributed by atoms with Crippen LogP contribution in [-0.4, -0.2) is 31.7 Å². The smallest absolute Gasteiger partial charge is 0.111 e. The van der Waals surface area contributed by atoms with Crippen molar-refractivity contribution in [3.8, 4) is 0 Å². The van der Waals surface area contributed by atoms with E-state index in [9.17, 15) is 0 Å². The predicted octanol–water partition coefficient (Wildman–Crippen LogP) is 2.69. The molecule has 1 nitrogen and oxygen atoms in total. The molecule has 14 heavy (non-hydrogen) atoms. The SMILES string of the molecule is CC(C1=CC=CC=CC=C1)[N+](C)(C)C. The van der Waals surface area contributed by atoms with Crippen LogP contribution in [0.15, 0.2) is 48.1 Å². The number of rotatable bonds is 2. The molecule has 1 atom stereocenters. The summed E-state index contributed by atoms with van der Waals surface area (Å²) >= 11 is 0. The van der Waals surface area contributed by atoms with E-state index >= 15 is 0 Å². The molecule has 0 radical (unpaired) electrons. The Hall–Kier alpha value is -1.08. The molecule has 0 N–H and O–H groups in total. The Morgan fingerprint density at radius 2 is 1.50 bits per heavy atom. The van der Waals surface area contributed by atoms with Crippen LogP contribution in [0.5, 0.6) is 0 Å². The van der Waals surface area contributed by atoms with Crippen LogP contribution in [0.2, 0.25) is 0 Å². The minimum Gasteiger partial charge on any atom is -0.325 e. The first-order chi connectivity index (χ1) is 6.52. The molecular weight excluding hydrogens is 170 g/mol. The lowest BCUT2D eigenvalue weighted by atomic mass is 10.0. The summed E-state index contributed by atoms with van der Waals surface area (Å²) in [7, 11) is 6.66. The number of quaternary nitrogens is 1. The average Bonchev–Trinajstić information content (AvgIpc) is 2.00. The quantitative estimate of drug-likeness (QED) is 0.587. The third-order valence-corrected chi connectivity index (χ3v) is 2.67. The molecule has 0 spiro atoms. The second-order valence-corrected chi connectivity index (χ2v) is 4.59. The maximum Gasteiger partial charge on any atom is 0.111 e. The highest BCUT2D eigenvalue weighted by atomic mass is 15.3. The van der Waals surface area contributed by atoms with Gasteiger partial charge >= 0.3 is 0 Å². The molecular formula is C13H20N+. The van der Waals surface area contributed by atoms with Gasteiger partial charge in [-0.2, -0.15) is 0 Å². The Labute approximate surface area is 87.3 Å². The summed E-state index contributed by atoms with van der Waals surface area (Å²) < 4.78 is 0.952. The van der Waals surface area contributed by atoms with E-state index in [1.165, 1.54) is 5.57 Å². The molecule has 0 heterocycles. The predicted molar refractivity (Wildman–Crippen MR) is 63.0 cm³/mol. The summed E-state index contributed by atoms with van der Waals surface area (Å²) in [5.41, 5.74) is 1.37. The van der Waals surface area contributed by atoms with E-state index in [0.29, 0.717) is 6.04 Å². The van der Waals surface area contributed by atoms with Crippen LogP contribution >= 0.6 is 0 Å². The molecule has 1 heteroatoms. The van der Waals surface area contributed by atoms with E-state index in [4.69, 9.17) is 0 Å². The van der Waals surface area contributed by atoms with Gasteiger partial charge in [0.15, 0.2) is 0 Å². The van der Waals surface area contributed by atoms with Gasteiger partial charge in [0.2, 0.25) is 0 Å². The highest BCUT2D eigenvalue weighted by Gasteiger charge is 2.20. The van der Waals surface area contributed by atoms with Crippen molar-refractivity contribution in [3.05, 3.63) is 48.1 Å². The van der Waals surface area contributed by atoms with Crippen LogP contribution in [0.25, 0.3) is 0 Å².